The normalized spacial score (nSPS) is 12.4. The molecule has 206 valence electrons. The van der Waals surface area contributed by atoms with Gasteiger partial charge in [-0.25, -0.2) is 0 Å². The standard InChI is InChI=1S/C32H30O4S4/c1-3-33-5-7-35-17-21-9-19-11-23-25-13-30-26(14-29(25)39-31(23)15-27(19)37-21)24-12-20-10-22(18-36-8-6-34-4-2)38-28(20)16-32(24)40-30/h9-16H,3-8,17-18H2,1-2H3. The summed E-state index contributed by atoms with van der Waals surface area (Å²) in [6.07, 6.45) is 0. The zero-order chi connectivity index (χ0) is 27.1. The van der Waals surface area contributed by atoms with Crippen molar-refractivity contribution < 1.29 is 18.9 Å². The lowest BCUT2D eigenvalue weighted by molar-refractivity contribution is 0.0463. The Labute approximate surface area is 248 Å². The van der Waals surface area contributed by atoms with E-state index in [9.17, 15) is 0 Å². The summed E-state index contributed by atoms with van der Waals surface area (Å²) in [4.78, 5) is 2.53. The summed E-state index contributed by atoms with van der Waals surface area (Å²) in [6.45, 7) is 9.34. The van der Waals surface area contributed by atoms with Gasteiger partial charge in [-0.05, 0) is 73.2 Å². The molecule has 0 fully saturated rings. The highest BCUT2D eigenvalue weighted by molar-refractivity contribution is 7.28. The molecule has 4 nitrogen and oxygen atoms in total. The van der Waals surface area contributed by atoms with Gasteiger partial charge in [0.05, 0.1) is 39.6 Å². The highest BCUT2D eigenvalue weighted by atomic mass is 32.1. The Hall–Kier alpha value is -2.14. The smallest absolute Gasteiger partial charge is 0.0810 e. The van der Waals surface area contributed by atoms with Crippen LogP contribution >= 0.6 is 45.3 Å². The molecule has 4 heterocycles. The first-order valence-corrected chi connectivity index (χ1v) is 16.9. The average Bonchev–Trinajstić information content (AvgIpc) is 3.70. The Morgan fingerprint density at radius 1 is 0.425 bits per heavy atom. The van der Waals surface area contributed by atoms with E-state index in [-0.39, 0.29) is 0 Å². The molecule has 0 atom stereocenters. The summed E-state index contributed by atoms with van der Waals surface area (Å²) in [6, 6.07) is 18.9. The van der Waals surface area contributed by atoms with Crippen molar-refractivity contribution >= 4 is 106 Å². The third kappa shape index (κ3) is 5.16. The minimum atomic E-state index is 0.634. The maximum Gasteiger partial charge on any atom is 0.0810 e. The van der Waals surface area contributed by atoms with Crippen LogP contribution in [0.25, 0.3) is 60.5 Å². The summed E-state index contributed by atoms with van der Waals surface area (Å²) < 4.78 is 30.5. The van der Waals surface area contributed by atoms with Crippen LogP contribution in [0.2, 0.25) is 0 Å². The summed E-state index contributed by atoms with van der Waals surface area (Å²) in [5.74, 6) is 0. The van der Waals surface area contributed by atoms with Gasteiger partial charge in [-0.2, -0.15) is 0 Å². The van der Waals surface area contributed by atoms with Crippen LogP contribution in [0.15, 0.2) is 48.5 Å². The molecule has 0 amide bonds. The van der Waals surface area contributed by atoms with Crippen LogP contribution in [0.5, 0.6) is 0 Å². The number of ether oxygens (including phenoxy) is 4. The number of hydrogen-bond acceptors (Lipinski definition) is 8. The summed E-state index contributed by atoms with van der Waals surface area (Å²) in [5.41, 5.74) is 0. The van der Waals surface area contributed by atoms with Gasteiger partial charge in [0.1, 0.15) is 0 Å². The van der Waals surface area contributed by atoms with E-state index in [1.165, 1.54) is 70.3 Å². The fraction of sp³-hybridized carbons (Fsp3) is 0.312. The van der Waals surface area contributed by atoms with E-state index in [4.69, 9.17) is 18.9 Å². The molecule has 0 aliphatic carbocycles. The quantitative estimate of drug-likeness (QED) is 0.130. The third-order valence-electron chi connectivity index (χ3n) is 7.08. The molecule has 0 N–H and O–H groups in total. The van der Waals surface area contributed by atoms with E-state index in [0.29, 0.717) is 39.6 Å². The lowest BCUT2D eigenvalue weighted by atomic mass is 10.1. The van der Waals surface area contributed by atoms with Gasteiger partial charge in [0.25, 0.3) is 0 Å². The molecule has 4 aromatic heterocycles. The minimum absolute atomic E-state index is 0.634. The Bertz CT molecular complexity index is 1820. The van der Waals surface area contributed by atoms with Crippen LogP contribution in [0.1, 0.15) is 23.6 Å². The first-order valence-electron chi connectivity index (χ1n) is 13.7. The minimum Gasteiger partial charge on any atom is -0.379 e. The first kappa shape index (κ1) is 26.7. The van der Waals surface area contributed by atoms with E-state index in [1.54, 1.807) is 0 Å². The van der Waals surface area contributed by atoms with Crippen molar-refractivity contribution in [3.05, 3.63) is 58.3 Å². The zero-order valence-corrected chi connectivity index (χ0v) is 25.8. The van der Waals surface area contributed by atoms with Crippen LogP contribution in [0.3, 0.4) is 0 Å². The van der Waals surface area contributed by atoms with Gasteiger partial charge >= 0.3 is 0 Å². The summed E-state index contributed by atoms with van der Waals surface area (Å²) in [7, 11) is 0. The molecule has 3 aromatic carbocycles. The molecule has 8 heteroatoms. The molecule has 0 saturated heterocycles. The zero-order valence-electron chi connectivity index (χ0n) is 22.5. The highest BCUT2D eigenvalue weighted by Crippen LogP contribution is 2.45. The fourth-order valence-electron chi connectivity index (χ4n) is 5.24. The van der Waals surface area contributed by atoms with Crippen molar-refractivity contribution in [3.8, 4) is 0 Å². The SMILES string of the molecule is CCOCCOCc1cc2cc3c(cc2s1)sc1cc2c(cc13)sc1cc3sc(COCCOCC)cc3cc12. The fourth-order valence-corrected chi connectivity index (χ4v) is 9.73. The second-order valence-corrected chi connectivity index (χ2v) is 14.2. The van der Waals surface area contributed by atoms with E-state index in [1.807, 2.05) is 59.2 Å². The van der Waals surface area contributed by atoms with Gasteiger partial charge in [0, 0.05) is 72.7 Å². The Kier molecular flexibility index (Phi) is 7.77. The largest absolute Gasteiger partial charge is 0.379 e. The van der Waals surface area contributed by atoms with Crippen molar-refractivity contribution in [2.45, 2.75) is 27.1 Å². The first-order chi connectivity index (χ1) is 19.7. The van der Waals surface area contributed by atoms with Crippen LogP contribution in [-0.4, -0.2) is 39.6 Å². The molecular formula is C32H30O4S4. The molecule has 7 rings (SSSR count). The molecule has 0 unspecified atom stereocenters. The maximum atomic E-state index is 5.82. The molecule has 7 aromatic rings. The molecule has 0 aliphatic heterocycles. The lowest BCUT2D eigenvalue weighted by Crippen LogP contribution is -2.03. The molecule has 0 radical (unpaired) electrons. The van der Waals surface area contributed by atoms with E-state index in [0.717, 1.165) is 13.2 Å². The lowest BCUT2D eigenvalue weighted by Gasteiger charge is -2.01. The van der Waals surface area contributed by atoms with Gasteiger partial charge in [-0.3, -0.25) is 0 Å². The Balaban J connectivity index is 1.19. The molecule has 40 heavy (non-hydrogen) atoms. The van der Waals surface area contributed by atoms with Crippen LogP contribution in [0.4, 0.5) is 0 Å². The van der Waals surface area contributed by atoms with E-state index in [2.05, 4.69) is 48.5 Å². The molecule has 0 spiro atoms. The topological polar surface area (TPSA) is 36.9 Å². The van der Waals surface area contributed by atoms with Crippen molar-refractivity contribution in [2.24, 2.45) is 0 Å². The van der Waals surface area contributed by atoms with Crippen LogP contribution in [0, 0.1) is 0 Å². The molecule has 0 saturated carbocycles. The average molecular weight is 607 g/mol. The predicted octanol–water partition coefficient (Wildman–Crippen LogP) is 9.96. The van der Waals surface area contributed by atoms with Crippen molar-refractivity contribution in [2.75, 3.05) is 39.6 Å². The van der Waals surface area contributed by atoms with Crippen LogP contribution in [-0.2, 0) is 32.2 Å². The third-order valence-corrected chi connectivity index (χ3v) is 11.5. The summed E-state index contributed by atoms with van der Waals surface area (Å²) in [5, 5.41) is 8.02. The van der Waals surface area contributed by atoms with Crippen molar-refractivity contribution in [3.63, 3.8) is 0 Å². The highest BCUT2D eigenvalue weighted by Gasteiger charge is 2.14. The van der Waals surface area contributed by atoms with Gasteiger partial charge in [0.15, 0.2) is 0 Å². The van der Waals surface area contributed by atoms with Crippen LogP contribution < -0.4 is 0 Å². The Morgan fingerprint density at radius 2 is 0.825 bits per heavy atom. The van der Waals surface area contributed by atoms with E-state index >= 15 is 0 Å². The van der Waals surface area contributed by atoms with Gasteiger partial charge in [0.2, 0.25) is 0 Å². The second-order valence-electron chi connectivity index (χ2n) is 9.75. The number of rotatable bonds is 12. The monoisotopic (exact) mass is 606 g/mol. The van der Waals surface area contributed by atoms with E-state index < -0.39 is 0 Å². The molecular weight excluding hydrogens is 577 g/mol. The molecule has 0 aliphatic rings. The number of thiophene rings is 4. The van der Waals surface area contributed by atoms with Gasteiger partial charge < -0.3 is 18.9 Å². The Morgan fingerprint density at radius 3 is 1.27 bits per heavy atom. The number of hydrogen-bond donors (Lipinski definition) is 0. The van der Waals surface area contributed by atoms with Gasteiger partial charge in [-0.1, -0.05) is 0 Å². The second kappa shape index (κ2) is 11.6. The van der Waals surface area contributed by atoms with Crippen molar-refractivity contribution in [1.29, 1.82) is 0 Å². The number of fused-ring (bicyclic) bond motifs is 8. The van der Waals surface area contributed by atoms with Crippen molar-refractivity contribution in [1.82, 2.24) is 0 Å². The molecule has 0 bridgehead atoms. The predicted molar refractivity (Wildman–Crippen MR) is 175 cm³/mol. The maximum absolute atomic E-state index is 5.82. The number of benzene rings is 3. The summed E-state index contributed by atoms with van der Waals surface area (Å²) >= 11 is 7.47. The van der Waals surface area contributed by atoms with Gasteiger partial charge in [-0.15, -0.1) is 45.3 Å².